The van der Waals surface area contributed by atoms with Crippen LogP contribution in [0, 0.1) is 0 Å². The zero-order chi connectivity index (χ0) is 23.1. The number of imide groups is 1. The van der Waals surface area contributed by atoms with Gasteiger partial charge in [0.05, 0.1) is 17.1 Å². The van der Waals surface area contributed by atoms with Crippen molar-refractivity contribution in [1.82, 2.24) is 9.62 Å². The van der Waals surface area contributed by atoms with Crippen LogP contribution >= 0.6 is 11.3 Å². The highest BCUT2D eigenvalue weighted by Crippen LogP contribution is 2.24. The number of allylic oxidation sites excluding steroid dienone is 4. The number of rotatable bonds is 6. The molecule has 2 heterocycles. The summed E-state index contributed by atoms with van der Waals surface area (Å²) in [4.78, 5) is 36.3. The summed E-state index contributed by atoms with van der Waals surface area (Å²) in [5.41, 5.74) is 0.293. The van der Waals surface area contributed by atoms with Gasteiger partial charge in [0.1, 0.15) is 5.00 Å². The first-order valence-electron chi connectivity index (χ1n) is 9.35. The topological polar surface area (TPSA) is 122 Å². The molecule has 0 aliphatic carbocycles. The number of sulfonamides is 1. The lowest BCUT2D eigenvalue weighted by Gasteiger charge is -2.15. The van der Waals surface area contributed by atoms with Gasteiger partial charge in [0.25, 0.3) is 21.8 Å². The van der Waals surface area contributed by atoms with Crippen molar-refractivity contribution in [3.8, 4) is 0 Å². The highest BCUT2D eigenvalue weighted by Gasteiger charge is 2.21. The van der Waals surface area contributed by atoms with Gasteiger partial charge in [-0.05, 0) is 54.8 Å². The third-order valence-electron chi connectivity index (χ3n) is 4.12. The molecule has 11 heteroatoms. The van der Waals surface area contributed by atoms with Gasteiger partial charge in [-0.15, -0.1) is 11.3 Å². The Morgan fingerprint density at radius 1 is 0.969 bits per heavy atom. The normalized spacial score (nSPS) is 12.8. The van der Waals surface area contributed by atoms with Crippen molar-refractivity contribution >= 4 is 44.3 Å². The predicted octanol–water partition coefficient (Wildman–Crippen LogP) is 3.47. The van der Waals surface area contributed by atoms with Gasteiger partial charge in [0, 0.05) is 18.0 Å². The van der Waals surface area contributed by atoms with E-state index in [9.17, 15) is 22.8 Å². The summed E-state index contributed by atoms with van der Waals surface area (Å²) in [6.45, 7) is 1.72. The number of alkyl carbamates (subject to hydrolysis) is 1. The number of benzene rings is 1. The van der Waals surface area contributed by atoms with E-state index in [0.29, 0.717) is 0 Å². The zero-order valence-electron chi connectivity index (χ0n) is 16.8. The van der Waals surface area contributed by atoms with Crippen LogP contribution in [0.1, 0.15) is 27.6 Å². The molecule has 2 aromatic rings. The molecule has 0 atom stereocenters. The second-order valence-electron chi connectivity index (χ2n) is 6.22. The fourth-order valence-electron chi connectivity index (χ4n) is 2.59. The van der Waals surface area contributed by atoms with Crippen LogP contribution in [0.25, 0.3) is 0 Å². The van der Waals surface area contributed by atoms with Crippen molar-refractivity contribution in [2.75, 3.05) is 11.9 Å². The van der Waals surface area contributed by atoms with Gasteiger partial charge in [-0.1, -0.05) is 12.2 Å². The average Bonchev–Trinajstić information content (AvgIpc) is 3.04. The number of hydrogen-bond acceptors (Lipinski definition) is 7. The predicted molar refractivity (Wildman–Crippen MR) is 120 cm³/mol. The molecule has 0 saturated carbocycles. The van der Waals surface area contributed by atoms with Gasteiger partial charge in [-0.3, -0.25) is 14.9 Å². The molecule has 32 heavy (non-hydrogen) atoms. The van der Waals surface area contributed by atoms with E-state index in [0.717, 1.165) is 15.6 Å². The van der Waals surface area contributed by atoms with Crippen LogP contribution in [0.5, 0.6) is 0 Å². The van der Waals surface area contributed by atoms with E-state index in [4.69, 9.17) is 0 Å². The largest absolute Gasteiger partial charge is 0.450 e. The van der Waals surface area contributed by atoms with Crippen molar-refractivity contribution in [3.05, 3.63) is 83.5 Å². The molecule has 1 aliphatic rings. The highest BCUT2D eigenvalue weighted by molar-refractivity contribution is 7.89. The summed E-state index contributed by atoms with van der Waals surface area (Å²) >= 11 is 1.10. The number of nitrogens with zero attached hydrogens (tertiary/aromatic N) is 1. The number of carbonyl (C=O) groups is 3. The molecule has 1 aromatic heterocycles. The number of anilines is 1. The molecule has 3 amide bonds. The second kappa shape index (κ2) is 10.1. The Balaban J connectivity index is 1.72. The molecule has 2 N–H and O–H groups in total. The summed E-state index contributed by atoms with van der Waals surface area (Å²) in [5.74, 6) is -1.25. The van der Waals surface area contributed by atoms with Crippen molar-refractivity contribution in [3.63, 3.8) is 0 Å². The van der Waals surface area contributed by atoms with E-state index in [1.807, 2.05) is 0 Å². The number of amides is 3. The molecule has 0 radical (unpaired) electrons. The Morgan fingerprint density at radius 3 is 2.25 bits per heavy atom. The lowest BCUT2D eigenvalue weighted by atomic mass is 10.2. The molecule has 0 bridgehead atoms. The van der Waals surface area contributed by atoms with Crippen molar-refractivity contribution < 1.29 is 27.5 Å². The van der Waals surface area contributed by atoms with Gasteiger partial charge >= 0.3 is 6.09 Å². The lowest BCUT2D eigenvalue weighted by Crippen LogP contribution is -2.31. The Morgan fingerprint density at radius 2 is 1.62 bits per heavy atom. The van der Waals surface area contributed by atoms with Crippen LogP contribution in [0.4, 0.5) is 9.80 Å². The molecule has 1 aliphatic heterocycles. The summed E-state index contributed by atoms with van der Waals surface area (Å²) in [5, 5.41) is 6.49. The minimum atomic E-state index is -3.82. The van der Waals surface area contributed by atoms with Crippen LogP contribution in [0.3, 0.4) is 0 Å². The SMILES string of the molecule is CCOC(=O)NC(=O)c1ccsc1NC(=O)c1ccc(S(=O)(=O)N2C=CC=CC=C2)cc1. The number of nitrogens with one attached hydrogen (secondary N) is 2. The summed E-state index contributed by atoms with van der Waals surface area (Å²) in [6, 6.07) is 6.86. The minimum absolute atomic E-state index is 0.0101. The monoisotopic (exact) mass is 473 g/mol. The highest BCUT2D eigenvalue weighted by atomic mass is 32.2. The lowest BCUT2D eigenvalue weighted by molar-refractivity contribution is 0.0926. The molecule has 0 fully saturated rings. The molecule has 1 aromatic carbocycles. The number of ether oxygens (including phenoxy) is 1. The molecule has 166 valence electrons. The first-order valence-corrected chi connectivity index (χ1v) is 11.7. The Hall–Kier alpha value is -3.70. The van der Waals surface area contributed by atoms with Gasteiger partial charge in [-0.25, -0.2) is 17.5 Å². The maximum atomic E-state index is 12.7. The van der Waals surface area contributed by atoms with Crippen LogP contribution in [-0.4, -0.2) is 37.2 Å². The Kier molecular flexibility index (Phi) is 7.23. The smallest absolute Gasteiger partial charge is 0.414 e. The summed E-state index contributed by atoms with van der Waals surface area (Å²) in [7, 11) is -3.82. The van der Waals surface area contributed by atoms with Crippen LogP contribution in [0.15, 0.2) is 77.3 Å². The third-order valence-corrected chi connectivity index (χ3v) is 6.62. The van der Waals surface area contributed by atoms with E-state index < -0.39 is 27.9 Å². The number of hydrogen-bond donors (Lipinski definition) is 2. The van der Waals surface area contributed by atoms with Crippen molar-refractivity contribution in [2.24, 2.45) is 0 Å². The number of carbonyl (C=O) groups excluding carboxylic acids is 3. The minimum Gasteiger partial charge on any atom is -0.450 e. The van der Waals surface area contributed by atoms with Gasteiger partial charge in [0.15, 0.2) is 0 Å². The fourth-order valence-corrected chi connectivity index (χ4v) is 4.56. The zero-order valence-corrected chi connectivity index (χ0v) is 18.5. The van der Waals surface area contributed by atoms with Crippen molar-refractivity contribution in [1.29, 1.82) is 0 Å². The summed E-state index contributed by atoms with van der Waals surface area (Å²) < 4.78 is 31.2. The first kappa shape index (κ1) is 23.0. The Bertz CT molecular complexity index is 1190. The average molecular weight is 474 g/mol. The van der Waals surface area contributed by atoms with Gasteiger partial charge in [0.2, 0.25) is 0 Å². The van der Waals surface area contributed by atoms with Crippen LogP contribution in [-0.2, 0) is 14.8 Å². The summed E-state index contributed by atoms with van der Waals surface area (Å²) in [6.07, 6.45) is 8.52. The first-order chi connectivity index (χ1) is 15.3. The second-order valence-corrected chi connectivity index (χ2v) is 8.98. The van der Waals surface area contributed by atoms with E-state index >= 15 is 0 Å². The van der Waals surface area contributed by atoms with Crippen LogP contribution in [0.2, 0.25) is 0 Å². The molecule has 9 nitrogen and oxygen atoms in total. The van der Waals surface area contributed by atoms with Crippen LogP contribution < -0.4 is 10.6 Å². The van der Waals surface area contributed by atoms with E-state index in [1.165, 1.54) is 42.7 Å². The third kappa shape index (κ3) is 5.31. The fraction of sp³-hybridized carbons (Fsp3) is 0.0952. The molecule has 0 spiro atoms. The molecule has 3 rings (SSSR count). The standard InChI is InChI=1S/C21H19N3O6S2/c1-2-30-21(27)23-19(26)17-11-14-31-20(17)22-18(25)15-7-9-16(10-8-15)32(28,29)24-12-5-3-4-6-13-24/h3-14H,2H2,1H3,(H,22,25)(H,23,26,27). The molecule has 0 unspecified atom stereocenters. The number of thiophene rings is 1. The molecule has 0 saturated heterocycles. The van der Waals surface area contributed by atoms with E-state index in [2.05, 4.69) is 15.4 Å². The van der Waals surface area contributed by atoms with Crippen molar-refractivity contribution in [2.45, 2.75) is 11.8 Å². The Labute approximate surface area is 188 Å². The van der Waals surface area contributed by atoms with E-state index in [1.54, 1.807) is 36.6 Å². The molecular formula is C21H19N3O6S2. The maximum Gasteiger partial charge on any atom is 0.414 e. The van der Waals surface area contributed by atoms with E-state index in [-0.39, 0.29) is 27.6 Å². The molecular weight excluding hydrogens is 454 g/mol. The van der Waals surface area contributed by atoms with Gasteiger partial charge in [-0.2, -0.15) is 0 Å². The maximum absolute atomic E-state index is 12.7. The van der Waals surface area contributed by atoms with Gasteiger partial charge < -0.3 is 10.1 Å². The quantitative estimate of drug-likeness (QED) is 0.662.